The zero-order chi connectivity index (χ0) is 12.3. The van der Waals surface area contributed by atoms with Crippen molar-refractivity contribution in [3.8, 4) is 5.69 Å². The topological polar surface area (TPSA) is 53.1 Å². The average Bonchev–Trinajstić information content (AvgIpc) is 2.67. The van der Waals surface area contributed by atoms with E-state index >= 15 is 0 Å². The average molecular weight is 231 g/mol. The first-order chi connectivity index (χ1) is 8.22. The Hall–Kier alpha value is -1.81. The predicted molar refractivity (Wildman–Crippen MR) is 68.3 cm³/mol. The summed E-state index contributed by atoms with van der Waals surface area (Å²) in [4.78, 5) is 0. The van der Waals surface area contributed by atoms with Gasteiger partial charge in [-0.25, -0.2) is 4.68 Å². The maximum absolute atomic E-state index is 5.77. The van der Waals surface area contributed by atoms with Crippen LogP contribution in [0, 0.1) is 6.92 Å². The van der Waals surface area contributed by atoms with Crippen molar-refractivity contribution in [1.82, 2.24) is 9.78 Å². The molecule has 2 aromatic rings. The lowest BCUT2D eigenvalue weighted by molar-refractivity contribution is 0.202. The summed E-state index contributed by atoms with van der Waals surface area (Å²) >= 11 is 0. The lowest BCUT2D eigenvalue weighted by atomic mass is 10.1. The molecule has 0 atom stereocenters. The second-order valence-electron chi connectivity index (χ2n) is 4.01. The van der Waals surface area contributed by atoms with Gasteiger partial charge in [-0.3, -0.25) is 0 Å². The Morgan fingerprint density at radius 3 is 2.76 bits per heavy atom. The molecule has 0 aliphatic carbocycles. The Labute approximate surface area is 101 Å². The Morgan fingerprint density at radius 2 is 2.12 bits per heavy atom. The first kappa shape index (κ1) is 11.7. The third-order valence-electron chi connectivity index (χ3n) is 2.75. The standard InChI is InChI=1S/C13H17N3O/c1-10-9-16(15-13(10)14)12-6-4-3-5-11(12)7-8-17-2/h3-6,9H,7-8H2,1-2H3,(H2,14,15). The molecule has 1 aromatic heterocycles. The van der Waals surface area contributed by atoms with E-state index in [0.29, 0.717) is 12.4 Å². The number of hydrogen-bond acceptors (Lipinski definition) is 3. The van der Waals surface area contributed by atoms with E-state index in [4.69, 9.17) is 10.5 Å². The molecule has 2 rings (SSSR count). The second kappa shape index (κ2) is 5.01. The molecule has 0 saturated heterocycles. The highest BCUT2D eigenvalue weighted by Gasteiger charge is 2.07. The van der Waals surface area contributed by atoms with Crippen molar-refractivity contribution in [3.63, 3.8) is 0 Å². The lowest BCUT2D eigenvalue weighted by Crippen LogP contribution is -2.03. The van der Waals surface area contributed by atoms with Crippen LogP contribution >= 0.6 is 0 Å². The van der Waals surface area contributed by atoms with E-state index in [1.54, 1.807) is 7.11 Å². The van der Waals surface area contributed by atoms with Crippen molar-refractivity contribution < 1.29 is 4.74 Å². The molecule has 0 spiro atoms. The molecule has 90 valence electrons. The van der Waals surface area contributed by atoms with E-state index < -0.39 is 0 Å². The molecule has 0 radical (unpaired) electrons. The van der Waals surface area contributed by atoms with Crippen LogP contribution in [0.5, 0.6) is 0 Å². The molecule has 17 heavy (non-hydrogen) atoms. The van der Waals surface area contributed by atoms with Crippen LogP contribution in [0.25, 0.3) is 5.69 Å². The van der Waals surface area contributed by atoms with E-state index in [1.165, 1.54) is 5.56 Å². The summed E-state index contributed by atoms with van der Waals surface area (Å²) in [7, 11) is 1.71. The zero-order valence-electron chi connectivity index (χ0n) is 10.2. The maximum Gasteiger partial charge on any atom is 0.148 e. The van der Waals surface area contributed by atoms with Crippen LogP contribution in [0.2, 0.25) is 0 Å². The highest BCUT2D eigenvalue weighted by molar-refractivity contribution is 5.45. The Morgan fingerprint density at radius 1 is 1.35 bits per heavy atom. The number of rotatable bonds is 4. The van der Waals surface area contributed by atoms with E-state index in [9.17, 15) is 0 Å². The van der Waals surface area contributed by atoms with Gasteiger partial charge < -0.3 is 10.5 Å². The molecule has 0 aliphatic rings. The van der Waals surface area contributed by atoms with Gasteiger partial charge in [0.05, 0.1) is 12.3 Å². The summed E-state index contributed by atoms with van der Waals surface area (Å²) in [6.45, 7) is 2.66. The van der Waals surface area contributed by atoms with E-state index in [0.717, 1.165) is 17.7 Å². The lowest BCUT2D eigenvalue weighted by Gasteiger charge is -2.08. The fourth-order valence-corrected chi connectivity index (χ4v) is 1.75. The van der Waals surface area contributed by atoms with Crippen LogP contribution in [0.1, 0.15) is 11.1 Å². The number of benzene rings is 1. The predicted octanol–water partition coefficient (Wildman–Crippen LogP) is 1.95. The summed E-state index contributed by atoms with van der Waals surface area (Å²) in [5.74, 6) is 0.576. The summed E-state index contributed by atoms with van der Waals surface area (Å²) in [5.41, 5.74) is 9.03. The van der Waals surface area contributed by atoms with Crippen molar-refractivity contribution in [2.45, 2.75) is 13.3 Å². The molecule has 0 fully saturated rings. The third kappa shape index (κ3) is 2.47. The Bertz CT molecular complexity index is 486. The SMILES string of the molecule is COCCc1ccccc1-n1cc(C)c(N)n1. The second-order valence-corrected chi connectivity index (χ2v) is 4.01. The maximum atomic E-state index is 5.77. The number of nitrogens with two attached hydrogens (primary N) is 1. The summed E-state index contributed by atoms with van der Waals surface area (Å²) in [6.07, 6.45) is 2.81. The number of hydrogen-bond donors (Lipinski definition) is 1. The highest BCUT2D eigenvalue weighted by Crippen LogP contribution is 2.17. The number of aromatic nitrogens is 2. The minimum absolute atomic E-state index is 0.576. The van der Waals surface area contributed by atoms with Gasteiger partial charge in [-0.2, -0.15) is 5.10 Å². The van der Waals surface area contributed by atoms with Gasteiger partial charge in [0.25, 0.3) is 0 Å². The Balaban J connectivity index is 2.37. The third-order valence-corrected chi connectivity index (χ3v) is 2.75. The molecule has 0 unspecified atom stereocenters. The van der Waals surface area contributed by atoms with Crippen LogP contribution in [-0.4, -0.2) is 23.5 Å². The van der Waals surface area contributed by atoms with Crippen molar-refractivity contribution in [2.75, 3.05) is 19.5 Å². The molecule has 4 nitrogen and oxygen atoms in total. The quantitative estimate of drug-likeness (QED) is 0.875. The number of nitrogens with zero attached hydrogens (tertiary/aromatic N) is 2. The number of methoxy groups -OCH3 is 1. The highest BCUT2D eigenvalue weighted by atomic mass is 16.5. The van der Waals surface area contributed by atoms with E-state index in [-0.39, 0.29) is 0 Å². The summed E-state index contributed by atoms with van der Waals surface area (Å²) in [6, 6.07) is 8.14. The van der Waals surface area contributed by atoms with Crippen molar-refractivity contribution in [3.05, 3.63) is 41.6 Å². The van der Waals surface area contributed by atoms with Gasteiger partial charge in [0.2, 0.25) is 0 Å². The van der Waals surface area contributed by atoms with Gasteiger partial charge in [0.1, 0.15) is 5.82 Å². The minimum atomic E-state index is 0.576. The van der Waals surface area contributed by atoms with Gasteiger partial charge >= 0.3 is 0 Å². The van der Waals surface area contributed by atoms with Gasteiger partial charge in [0.15, 0.2) is 0 Å². The van der Waals surface area contributed by atoms with E-state index in [1.807, 2.05) is 36.0 Å². The summed E-state index contributed by atoms with van der Waals surface area (Å²) in [5, 5.41) is 4.30. The van der Waals surface area contributed by atoms with Crippen LogP contribution in [0.4, 0.5) is 5.82 Å². The molecule has 0 aliphatic heterocycles. The molecular formula is C13H17N3O. The van der Waals surface area contributed by atoms with Gasteiger partial charge in [-0.1, -0.05) is 18.2 Å². The normalized spacial score (nSPS) is 10.7. The van der Waals surface area contributed by atoms with Crippen molar-refractivity contribution in [2.24, 2.45) is 0 Å². The molecule has 4 heteroatoms. The number of para-hydroxylation sites is 1. The van der Waals surface area contributed by atoms with Crippen molar-refractivity contribution in [1.29, 1.82) is 0 Å². The van der Waals surface area contributed by atoms with Crippen molar-refractivity contribution >= 4 is 5.82 Å². The number of nitrogen functional groups attached to an aromatic ring is 1. The van der Waals surface area contributed by atoms with Gasteiger partial charge in [-0.15, -0.1) is 0 Å². The minimum Gasteiger partial charge on any atom is -0.384 e. The van der Waals surface area contributed by atoms with E-state index in [2.05, 4.69) is 11.2 Å². The molecule has 2 N–H and O–H groups in total. The molecule has 0 saturated carbocycles. The Kier molecular flexibility index (Phi) is 3.44. The van der Waals surface area contributed by atoms with Gasteiger partial charge in [0, 0.05) is 18.9 Å². The first-order valence-electron chi connectivity index (χ1n) is 5.61. The molecule has 1 aromatic carbocycles. The molecule has 0 bridgehead atoms. The molecule has 0 amide bonds. The largest absolute Gasteiger partial charge is 0.384 e. The fraction of sp³-hybridized carbons (Fsp3) is 0.308. The van der Waals surface area contributed by atoms with Crippen LogP contribution in [-0.2, 0) is 11.2 Å². The first-order valence-corrected chi connectivity index (χ1v) is 5.61. The van der Waals surface area contributed by atoms with Crippen LogP contribution in [0.3, 0.4) is 0 Å². The molecule has 1 heterocycles. The molecular weight excluding hydrogens is 214 g/mol. The number of ether oxygens (including phenoxy) is 1. The number of anilines is 1. The smallest absolute Gasteiger partial charge is 0.148 e. The zero-order valence-corrected chi connectivity index (χ0v) is 10.2. The van der Waals surface area contributed by atoms with Crippen LogP contribution in [0.15, 0.2) is 30.5 Å². The summed E-state index contributed by atoms with van der Waals surface area (Å²) < 4.78 is 6.94. The monoisotopic (exact) mass is 231 g/mol. The number of aryl methyl sites for hydroxylation is 1. The van der Waals surface area contributed by atoms with Gasteiger partial charge in [-0.05, 0) is 25.0 Å². The fourth-order valence-electron chi connectivity index (χ4n) is 1.75. The van der Waals surface area contributed by atoms with Crippen LogP contribution < -0.4 is 5.73 Å².